The van der Waals surface area contributed by atoms with Crippen LogP contribution in [0.5, 0.6) is 11.5 Å². The summed E-state index contributed by atoms with van der Waals surface area (Å²) in [7, 11) is 5.27. The third-order valence-electron chi connectivity index (χ3n) is 6.62. The van der Waals surface area contributed by atoms with Crippen molar-refractivity contribution in [2.75, 3.05) is 27.8 Å². The number of Topliss-reactive ketones (excluding diaryl/α,β-unsaturated/α-hetero) is 1. The molecule has 1 saturated heterocycles. The SMILES string of the molecule is COC1=CC2[C@@H]3[C@H](C)c4ccc(OC)c(O)c4[C@]2(CCN3C)CC1=O. The Hall–Kier alpha value is -2.01. The predicted molar refractivity (Wildman–Crippen MR) is 94.0 cm³/mol. The summed E-state index contributed by atoms with van der Waals surface area (Å²) < 4.78 is 10.7. The summed E-state index contributed by atoms with van der Waals surface area (Å²) in [6.07, 6.45) is 3.22. The van der Waals surface area contributed by atoms with Crippen LogP contribution in [-0.4, -0.2) is 49.6 Å². The highest BCUT2D eigenvalue weighted by molar-refractivity contribution is 5.96. The van der Waals surface area contributed by atoms with Crippen molar-refractivity contribution in [3.05, 3.63) is 35.1 Å². The average molecular weight is 343 g/mol. The molecule has 1 aliphatic heterocycles. The second-order valence-corrected chi connectivity index (χ2v) is 7.61. The largest absolute Gasteiger partial charge is 0.504 e. The van der Waals surface area contributed by atoms with Gasteiger partial charge in [0, 0.05) is 29.4 Å². The maximum Gasteiger partial charge on any atom is 0.197 e. The number of carbonyl (C=O) groups is 1. The van der Waals surface area contributed by atoms with Gasteiger partial charge in [0.15, 0.2) is 23.0 Å². The van der Waals surface area contributed by atoms with Gasteiger partial charge in [0.05, 0.1) is 14.2 Å². The van der Waals surface area contributed by atoms with Crippen molar-refractivity contribution in [2.45, 2.75) is 37.1 Å². The molecule has 0 spiro atoms. The Bertz CT molecular complexity index is 771. The first-order chi connectivity index (χ1) is 11.9. The molecule has 4 atom stereocenters. The van der Waals surface area contributed by atoms with E-state index in [4.69, 9.17) is 9.47 Å². The zero-order valence-corrected chi connectivity index (χ0v) is 15.2. The first-order valence-electron chi connectivity index (χ1n) is 8.84. The number of hydrogen-bond donors (Lipinski definition) is 1. The zero-order valence-electron chi connectivity index (χ0n) is 15.2. The topological polar surface area (TPSA) is 59.0 Å². The number of ketones is 1. The number of phenols is 1. The van der Waals surface area contributed by atoms with Crippen LogP contribution in [0.1, 0.15) is 36.8 Å². The number of methoxy groups -OCH3 is 2. The van der Waals surface area contributed by atoms with E-state index in [1.165, 1.54) is 0 Å². The summed E-state index contributed by atoms with van der Waals surface area (Å²) in [5.41, 5.74) is 1.66. The van der Waals surface area contributed by atoms with Crippen LogP contribution in [0, 0.1) is 5.92 Å². The molecule has 1 N–H and O–H groups in total. The first-order valence-corrected chi connectivity index (χ1v) is 8.84. The van der Waals surface area contributed by atoms with Crippen LogP contribution in [0.4, 0.5) is 0 Å². The zero-order chi connectivity index (χ0) is 17.9. The fourth-order valence-corrected chi connectivity index (χ4v) is 5.48. The van der Waals surface area contributed by atoms with E-state index in [0.29, 0.717) is 17.9 Å². The number of carbonyl (C=O) groups excluding carboxylic acids is 1. The van der Waals surface area contributed by atoms with Crippen molar-refractivity contribution in [3.63, 3.8) is 0 Å². The first kappa shape index (κ1) is 16.5. The fraction of sp³-hybridized carbons (Fsp3) is 0.550. The minimum atomic E-state index is -0.378. The number of rotatable bonds is 2. The Labute approximate surface area is 148 Å². The number of piperidine rings is 1. The molecule has 1 unspecified atom stereocenters. The Morgan fingerprint density at radius 2 is 2.04 bits per heavy atom. The van der Waals surface area contributed by atoms with E-state index in [-0.39, 0.29) is 34.8 Å². The second kappa shape index (κ2) is 5.49. The lowest BCUT2D eigenvalue weighted by molar-refractivity contribution is -0.123. The van der Waals surface area contributed by atoms with Gasteiger partial charge in [-0.1, -0.05) is 13.0 Å². The summed E-state index contributed by atoms with van der Waals surface area (Å²) in [4.78, 5) is 15.1. The number of allylic oxidation sites excluding steroid dienone is 1. The number of hydrogen-bond acceptors (Lipinski definition) is 5. The van der Waals surface area contributed by atoms with Crippen LogP contribution < -0.4 is 4.74 Å². The van der Waals surface area contributed by atoms with Crippen molar-refractivity contribution >= 4 is 5.78 Å². The third kappa shape index (κ3) is 2.02. The quantitative estimate of drug-likeness (QED) is 0.894. The molecule has 1 fully saturated rings. The number of benzene rings is 1. The van der Waals surface area contributed by atoms with Crippen LogP contribution in [-0.2, 0) is 14.9 Å². The van der Waals surface area contributed by atoms with Gasteiger partial charge in [-0.3, -0.25) is 4.79 Å². The van der Waals surface area contributed by atoms with Gasteiger partial charge in [-0.2, -0.15) is 0 Å². The van der Waals surface area contributed by atoms with Crippen LogP contribution in [0.25, 0.3) is 0 Å². The Morgan fingerprint density at radius 1 is 1.28 bits per heavy atom. The highest BCUT2D eigenvalue weighted by atomic mass is 16.5. The van der Waals surface area contributed by atoms with Crippen LogP contribution in [0.2, 0.25) is 0 Å². The summed E-state index contributed by atoms with van der Waals surface area (Å²) in [6, 6.07) is 4.17. The molecular formula is C20H25NO4. The normalized spacial score (nSPS) is 34.0. The number of phenolic OH excluding ortho intramolecular Hbond substituents is 1. The standard InChI is InChI=1S/C20H25NO4/c1-11-12-5-6-15(24-3)19(23)17(12)20-7-8-21(2)18(11)13(20)9-16(25-4)14(22)10-20/h5-6,9,11,13,18,23H,7-8,10H2,1-4H3/t11-,13?,18+,20-/m1/s1. The number of likely N-dealkylation sites (tertiary alicyclic amines) is 1. The van der Waals surface area contributed by atoms with Crippen LogP contribution in [0.15, 0.2) is 24.0 Å². The smallest absolute Gasteiger partial charge is 0.197 e. The van der Waals surface area contributed by atoms with Gasteiger partial charge in [0.1, 0.15) is 0 Å². The van der Waals surface area contributed by atoms with E-state index < -0.39 is 0 Å². The van der Waals surface area contributed by atoms with Crippen LogP contribution in [0.3, 0.4) is 0 Å². The molecule has 1 aromatic carbocycles. The summed E-state index contributed by atoms with van der Waals surface area (Å²) in [6.45, 7) is 3.11. The van der Waals surface area contributed by atoms with Crippen molar-refractivity contribution < 1.29 is 19.4 Å². The Balaban J connectivity index is 2.02. The van der Waals surface area contributed by atoms with Crippen molar-refractivity contribution in [3.8, 4) is 11.5 Å². The molecule has 0 radical (unpaired) electrons. The second-order valence-electron chi connectivity index (χ2n) is 7.61. The predicted octanol–water partition coefficient (Wildman–Crippen LogP) is 2.58. The molecule has 0 amide bonds. The maximum absolute atomic E-state index is 12.7. The highest BCUT2D eigenvalue weighted by Gasteiger charge is 2.58. The van der Waals surface area contributed by atoms with Gasteiger partial charge in [0.2, 0.25) is 0 Å². The number of fused-ring (bicyclic) bond motifs is 1. The van der Waals surface area contributed by atoms with E-state index in [1.807, 2.05) is 12.1 Å². The molecular weight excluding hydrogens is 318 g/mol. The van der Waals surface area contributed by atoms with Gasteiger partial charge in [-0.25, -0.2) is 0 Å². The monoisotopic (exact) mass is 343 g/mol. The third-order valence-corrected chi connectivity index (χ3v) is 6.62. The number of nitrogens with zero attached hydrogens (tertiary/aromatic N) is 1. The molecule has 5 nitrogen and oxygen atoms in total. The van der Waals surface area contributed by atoms with E-state index in [2.05, 4.69) is 24.9 Å². The van der Waals surface area contributed by atoms with E-state index in [0.717, 1.165) is 24.1 Å². The molecule has 1 heterocycles. The minimum Gasteiger partial charge on any atom is -0.504 e. The Kier molecular flexibility index (Phi) is 3.62. The maximum atomic E-state index is 12.7. The van der Waals surface area contributed by atoms with Gasteiger partial charge in [-0.15, -0.1) is 0 Å². The Morgan fingerprint density at radius 3 is 2.72 bits per heavy atom. The van der Waals surface area contributed by atoms with Crippen molar-refractivity contribution in [2.24, 2.45) is 5.92 Å². The molecule has 0 aromatic heterocycles. The van der Waals surface area contributed by atoms with Crippen LogP contribution >= 0.6 is 0 Å². The average Bonchev–Trinajstić information content (AvgIpc) is 2.60. The molecule has 25 heavy (non-hydrogen) atoms. The lowest BCUT2D eigenvalue weighted by atomic mass is 9.51. The van der Waals surface area contributed by atoms with Crippen molar-refractivity contribution in [1.29, 1.82) is 0 Å². The number of ether oxygens (including phenoxy) is 2. The summed E-state index contributed by atoms with van der Waals surface area (Å²) in [5, 5.41) is 11.0. The summed E-state index contributed by atoms with van der Waals surface area (Å²) in [5.74, 6) is 1.54. The van der Waals surface area contributed by atoms with E-state index in [1.54, 1.807) is 14.2 Å². The van der Waals surface area contributed by atoms with Gasteiger partial charge < -0.3 is 19.5 Å². The minimum absolute atomic E-state index is 0.0183. The van der Waals surface area contributed by atoms with Gasteiger partial charge in [0.25, 0.3) is 0 Å². The fourth-order valence-electron chi connectivity index (χ4n) is 5.48. The summed E-state index contributed by atoms with van der Waals surface area (Å²) >= 11 is 0. The highest BCUT2D eigenvalue weighted by Crippen LogP contribution is 2.60. The molecule has 1 aromatic rings. The number of aromatic hydroxyl groups is 1. The lowest BCUT2D eigenvalue weighted by Crippen LogP contribution is -2.61. The van der Waals surface area contributed by atoms with Crippen molar-refractivity contribution in [1.82, 2.24) is 4.90 Å². The molecule has 4 rings (SSSR count). The molecule has 5 heteroatoms. The molecule has 3 aliphatic rings. The molecule has 2 aliphatic carbocycles. The van der Waals surface area contributed by atoms with E-state index >= 15 is 0 Å². The van der Waals surface area contributed by atoms with Gasteiger partial charge in [-0.05, 0) is 43.6 Å². The molecule has 0 saturated carbocycles. The number of likely N-dealkylation sites (N-methyl/N-ethyl adjacent to an activating group) is 1. The lowest BCUT2D eigenvalue weighted by Gasteiger charge is -2.58. The van der Waals surface area contributed by atoms with E-state index in [9.17, 15) is 9.90 Å². The van der Waals surface area contributed by atoms with Gasteiger partial charge >= 0.3 is 0 Å². The molecule has 134 valence electrons. The molecule has 2 bridgehead atoms.